The minimum absolute atomic E-state index is 0.658. The Hall–Kier alpha value is -1.86. The van der Waals surface area contributed by atoms with Gasteiger partial charge in [-0.25, -0.2) is 4.98 Å². The number of rotatable bonds is 3. The van der Waals surface area contributed by atoms with E-state index < -0.39 is 0 Å². The highest BCUT2D eigenvalue weighted by Gasteiger charge is 2.11. The topological polar surface area (TPSA) is 39.9 Å². The van der Waals surface area contributed by atoms with Crippen LogP contribution in [0.4, 0.5) is 5.82 Å². The van der Waals surface area contributed by atoms with Gasteiger partial charge in [-0.15, -0.1) is 0 Å². The summed E-state index contributed by atoms with van der Waals surface area (Å²) < 4.78 is 0. The smallest absolute Gasteiger partial charge is 0.146 e. The second kappa shape index (κ2) is 4.98. The van der Waals surface area contributed by atoms with Crippen LogP contribution in [0.1, 0.15) is 16.7 Å². The van der Waals surface area contributed by atoms with Gasteiger partial charge in [-0.1, -0.05) is 0 Å². The molecule has 0 aliphatic carbocycles. The van der Waals surface area contributed by atoms with E-state index in [0.29, 0.717) is 5.56 Å². The maximum absolute atomic E-state index is 9.16. The average molecular weight is 243 g/mol. The molecule has 0 saturated heterocycles. The van der Waals surface area contributed by atoms with Crippen molar-refractivity contribution in [3.8, 4) is 6.07 Å². The Morgan fingerprint density at radius 2 is 2.29 bits per heavy atom. The molecule has 4 heteroatoms. The van der Waals surface area contributed by atoms with Crippen molar-refractivity contribution >= 4 is 17.2 Å². The molecule has 0 bridgehead atoms. The zero-order valence-electron chi connectivity index (χ0n) is 9.84. The van der Waals surface area contributed by atoms with Crippen LogP contribution < -0.4 is 4.90 Å². The molecule has 2 rings (SSSR count). The molecule has 2 aromatic rings. The molecule has 0 spiro atoms. The van der Waals surface area contributed by atoms with Gasteiger partial charge in [-0.05, 0) is 40.9 Å². The quantitative estimate of drug-likeness (QED) is 0.832. The van der Waals surface area contributed by atoms with E-state index in [9.17, 15) is 0 Å². The summed E-state index contributed by atoms with van der Waals surface area (Å²) in [4.78, 5) is 6.31. The van der Waals surface area contributed by atoms with Crippen LogP contribution >= 0.6 is 11.3 Å². The first-order valence-corrected chi connectivity index (χ1v) is 6.24. The maximum atomic E-state index is 9.16. The summed E-state index contributed by atoms with van der Waals surface area (Å²) in [5.41, 5.74) is 2.87. The molecule has 2 heterocycles. The number of hydrogen-bond acceptors (Lipinski definition) is 4. The van der Waals surface area contributed by atoms with Gasteiger partial charge < -0.3 is 4.90 Å². The Morgan fingerprint density at radius 1 is 1.47 bits per heavy atom. The standard InChI is InChI=1S/C13H13N3S/c1-10-3-5-15-13(12(10)7-14)16(2)8-11-4-6-17-9-11/h3-6,9H,8H2,1-2H3. The van der Waals surface area contributed by atoms with Gasteiger partial charge in [0.1, 0.15) is 11.9 Å². The highest BCUT2D eigenvalue weighted by Crippen LogP contribution is 2.21. The molecule has 0 radical (unpaired) electrons. The second-order valence-electron chi connectivity index (χ2n) is 3.93. The van der Waals surface area contributed by atoms with E-state index in [-0.39, 0.29) is 0 Å². The third-order valence-electron chi connectivity index (χ3n) is 2.61. The highest BCUT2D eigenvalue weighted by molar-refractivity contribution is 7.07. The molecule has 0 aliphatic heterocycles. The molecule has 0 fully saturated rings. The molecule has 0 aliphatic rings. The SMILES string of the molecule is Cc1ccnc(N(C)Cc2ccsc2)c1C#N. The van der Waals surface area contributed by atoms with Crippen LogP contribution in [0.15, 0.2) is 29.1 Å². The number of aromatic nitrogens is 1. The summed E-state index contributed by atoms with van der Waals surface area (Å²) in [6.45, 7) is 2.71. The Bertz CT molecular complexity index is 540. The van der Waals surface area contributed by atoms with Crippen molar-refractivity contribution in [1.82, 2.24) is 4.98 Å². The Labute approximate surface area is 105 Å². The molecule has 0 amide bonds. The van der Waals surface area contributed by atoms with Crippen LogP contribution in [-0.4, -0.2) is 12.0 Å². The van der Waals surface area contributed by atoms with Crippen molar-refractivity contribution in [2.75, 3.05) is 11.9 Å². The summed E-state index contributed by atoms with van der Waals surface area (Å²) in [6.07, 6.45) is 1.75. The molecular formula is C13H13N3S. The molecule has 0 aromatic carbocycles. The molecule has 86 valence electrons. The first-order valence-electron chi connectivity index (χ1n) is 5.30. The van der Waals surface area contributed by atoms with Crippen LogP contribution in [0.3, 0.4) is 0 Å². The van der Waals surface area contributed by atoms with E-state index >= 15 is 0 Å². The van der Waals surface area contributed by atoms with Crippen molar-refractivity contribution in [3.63, 3.8) is 0 Å². The first kappa shape index (κ1) is 11.6. The molecule has 0 atom stereocenters. The van der Waals surface area contributed by atoms with Gasteiger partial charge in [0.05, 0.1) is 5.56 Å². The number of pyridine rings is 1. The Balaban J connectivity index is 2.28. The molecule has 2 aromatic heterocycles. The number of nitriles is 1. The highest BCUT2D eigenvalue weighted by atomic mass is 32.1. The molecule has 0 unspecified atom stereocenters. The van der Waals surface area contributed by atoms with E-state index in [1.807, 2.05) is 24.9 Å². The largest absolute Gasteiger partial charge is 0.354 e. The molecular weight excluding hydrogens is 230 g/mol. The van der Waals surface area contributed by atoms with E-state index in [2.05, 4.69) is 27.9 Å². The predicted molar refractivity (Wildman–Crippen MR) is 70.1 cm³/mol. The lowest BCUT2D eigenvalue weighted by Gasteiger charge is -2.19. The van der Waals surface area contributed by atoms with Gasteiger partial charge in [0.25, 0.3) is 0 Å². The van der Waals surface area contributed by atoms with E-state index in [1.54, 1.807) is 17.5 Å². The van der Waals surface area contributed by atoms with Crippen LogP contribution in [0.25, 0.3) is 0 Å². The lowest BCUT2D eigenvalue weighted by Crippen LogP contribution is -2.18. The van der Waals surface area contributed by atoms with E-state index in [0.717, 1.165) is 17.9 Å². The summed E-state index contributed by atoms with van der Waals surface area (Å²) in [5.74, 6) is 0.749. The van der Waals surface area contributed by atoms with Crippen molar-refractivity contribution < 1.29 is 0 Å². The Morgan fingerprint density at radius 3 is 2.94 bits per heavy atom. The van der Waals surface area contributed by atoms with E-state index in [1.165, 1.54) is 5.56 Å². The third-order valence-corrected chi connectivity index (χ3v) is 3.34. The van der Waals surface area contributed by atoms with E-state index in [4.69, 9.17) is 5.26 Å². The normalized spacial score (nSPS) is 9.94. The second-order valence-corrected chi connectivity index (χ2v) is 4.71. The van der Waals surface area contributed by atoms with Crippen molar-refractivity contribution in [3.05, 3.63) is 45.8 Å². The zero-order valence-corrected chi connectivity index (χ0v) is 10.7. The zero-order chi connectivity index (χ0) is 12.3. The fraction of sp³-hybridized carbons (Fsp3) is 0.231. The van der Waals surface area contributed by atoms with Gasteiger partial charge >= 0.3 is 0 Å². The minimum atomic E-state index is 0.658. The predicted octanol–water partition coefficient (Wildman–Crippen LogP) is 2.96. The van der Waals surface area contributed by atoms with Gasteiger partial charge in [0.2, 0.25) is 0 Å². The fourth-order valence-electron chi connectivity index (χ4n) is 1.70. The van der Waals surface area contributed by atoms with Crippen molar-refractivity contribution in [2.24, 2.45) is 0 Å². The third kappa shape index (κ3) is 2.45. The summed E-state index contributed by atoms with van der Waals surface area (Å²) in [7, 11) is 1.96. The monoisotopic (exact) mass is 243 g/mol. The summed E-state index contributed by atoms with van der Waals surface area (Å²) in [6, 6.07) is 6.17. The molecule has 17 heavy (non-hydrogen) atoms. The summed E-state index contributed by atoms with van der Waals surface area (Å²) >= 11 is 1.68. The van der Waals surface area contributed by atoms with Gasteiger partial charge in [0, 0.05) is 19.8 Å². The fourth-order valence-corrected chi connectivity index (χ4v) is 2.36. The number of thiophene rings is 1. The van der Waals surface area contributed by atoms with Crippen molar-refractivity contribution in [1.29, 1.82) is 5.26 Å². The summed E-state index contributed by atoms with van der Waals surface area (Å²) in [5, 5.41) is 13.3. The number of nitrogens with zero attached hydrogens (tertiary/aromatic N) is 3. The average Bonchev–Trinajstić information content (AvgIpc) is 2.81. The minimum Gasteiger partial charge on any atom is -0.354 e. The van der Waals surface area contributed by atoms with Crippen LogP contribution in [-0.2, 0) is 6.54 Å². The molecule has 0 N–H and O–H groups in total. The van der Waals surface area contributed by atoms with Crippen LogP contribution in [0, 0.1) is 18.3 Å². The molecule has 0 saturated carbocycles. The van der Waals surface area contributed by atoms with Crippen LogP contribution in [0.5, 0.6) is 0 Å². The van der Waals surface area contributed by atoms with Gasteiger partial charge in [-0.3, -0.25) is 0 Å². The van der Waals surface area contributed by atoms with Gasteiger partial charge in [-0.2, -0.15) is 16.6 Å². The number of anilines is 1. The maximum Gasteiger partial charge on any atom is 0.146 e. The number of aryl methyl sites for hydroxylation is 1. The van der Waals surface area contributed by atoms with Crippen molar-refractivity contribution in [2.45, 2.75) is 13.5 Å². The van der Waals surface area contributed by atoms with Gasteiger partial charge in [0.15, 0.2) is 0 Å². The first-order chi connectivity index (χ1) is 8.22. The number of hydrogen-bond donors (Lipinski definition) is 0. The lowest BCUT2D eigenvalue weighted by atomic mass is 10.1. The van der Waals surface area contributed by atoms with Crippen LogP contribution in [0.2, 0.25) is 0 Å². The Kier molecular flexibility index (Phi) is 3.40. The lowest BCUT2D eigenvalue weighted by molar-refractivity contribution is 0.896. The molecule has 3 nitrogen and oxygen atoms in total.